The highest BCUT2D eigenvalue weighted by Gasteiger charge is 2.25. The maximum Gasteiger partial charge on any atom is 0.323 e. The summed E-state index contributed by atoms with van der Waals surface area (Å²) >= 11 is 0. The molecule has 0 spiro atoms. The third-order valence-electron chi connectivity index (χ3n) is 6.71. The van der Waals surface area contributed by atoms with E-state index >= 15 is 0 Å². The minimum atomic E-state index is -1.01. The molecule has 220 valence electrons. The Balaban J connectivity index is 2.91. The lowest BCUT2D eigenvalue weighted by Crippen LogP contribution is -2.37. The van der Waals surface area contributed by atoms with Crippen LogP contribution in [0.2, 0.25) is 0 Å². The van der Waals surface area contributed by atoms with Crippen molar-refractivity contribution in [1.29, 1.82) is 0 Å². The van der Waals surface area contributed by atoms with Crippen LogP contribution < -0.4 is 15.2 Å². The zero-order chi connectivity index (χ0) is 29.7. The van der Waals surface area contributed by atoms with Crippen molar-refractivity contribution < 1.29 is 38.1 Å². The fourth-order valence-corrected chi connectivity index (χ4v) is 3.25. The molecular weight excluding hydrogens is 502 g/mol. The van der Waals surface area contributed by atoms with Gasteiger partial charge >= 0.3 is 23.9 Å². The van der Waals surface area contributed by atoms with Crippen LogP contribution in [0.5, 0.6) is 11.5 Å². The molecule has 0 aromatic heterocycles. The molecule has 2 unspecified atom stereocenters. The number of hydrogen-bond acceptors (Lipinski definition) is 9. The Morgan fingerprint density at radius 3 is 1.90 bits per heavy atom. The predicted molar refractivity (Wildman–Crippen MR) is 148 cm³/mol. The van der Waals surface area contributed by atoms with Crippen LogP contribution >= 0.6 is 0 Å². The fraction of sp³-hybridized carbons (Fsp3) is 0.667. The van der Waals surface area contributed by atoms with Gasteiger partial charge in [-0.25, -0.2) is 0 Å². The van der Waals surface area contributed by atoms with Crippen molar-refractivity contribution in [2.75, 3.05) is 6.61 Å². The van der Waals surface area contributed by atoms with Crippen molar-refractivity contribution in [1.82, 2.24) is 0 Å². The van der Waals surface area contributed by atoms with Gasteiger partial charge in [-0.2, -0.15) is 0 Å². The van der Waals surface area contributed by atoms with Crippen LogP contribution in [-0.4, -0.2) is 42.6 Å². The van der Waals surface area contributed by atoms with E-state index in [4.69, 9.17) is 24.7 Å². The summed E-state index contributed by atoms with van der Waals surface area (Å²) in [5, 5.41) is 0. The highest BCUT2D eigenvalue weighted by molar-refractivity contribution is 5.79. The predicted octanol–water partition coefficient (Wildman–Crippen LogP) is 5.01. The van der Waals surface area contributed by atoms with Gasteiger partial charge in [0.05, 0.1) is 11.8 Å². The highest BCUT2D eigenvalue weighted by atomic mass is 16.6. The Hall–Kier alpha value is -2.94. The number of carbonyl (C=O) groups is 4. The molecule has 1 aromatic rings. The van der Waals surface area contributed by atoms with Crippen LogP contribution in [0.15, 0.2) is 18.2 Å². The molecule has 0 heterocycles. The topological polar surface area (TPSA) is 131 Å². The molecule has 0 aliphatic heterocycles. The average molecular weight is 550 g/mol. The zero-order valence-electron chi connectivity index (χ0n) is 24.8. The van der Waals surface area contributed by atoms with Gasteiger partial charge in [-0.15, -0.1) is 0 Å². The van der Waals surface area contributed by atoms with E-state index in [1.165, 1.54) is 6.07 Å². The Labute approximate surface area is 233 Å². The molecule has 0 saturated carbocycles. The van der Waals surface area contributed by atoms with Gasteiger partial charge in [0.2, 0.25) is 0 Å². The van der Waals surface area contributed by atoms with Crippen LogP contribution in [0.3, 0.4) is 0 Å². The molecule has 1 aromatic carbocycles. The quantitative estimate of drug-likeness (QED) is 0.172. The third-order valence-corrected chi connectivity index (χ3v) is 6.71. The van der Waals surface area contributed by atoms with E-state index in [2.05, 4.69) is 0 Å². The van der Waals surface area contributed by atoms with E-state index in [0.717, 1.165) is 19.3 Å². The first-order chi connectivity index (χ1) is 18.3. The lowest BCUT2D eigenvalue weighted by atomic mass is 9.98. The molecule has 0 aliphatic rings. The third kappa shape index (κ3) is 12.2. The number of ether oxygens (including phenoxy) is 4. The summed E-state index contributed by atoms with van der Waals surface area (Å²) in [4.78, 5) is 49.6. The molecule has 39 heavy (non-hydrogen) atoms. The second kappa shape index (κ2) is 16.9. The SMILES string of the molecule is CCCCCC(=O)OC[C@H](C)OC(=O)[C@@H](N)Cc1ccc(OC(=O)C(C)C(C)C)c(OC(=O)C(C)C(C)C)c1. The molecule has 9 heteroatoms. The number of unbranched alkanes of at least 4 members (excludes halogenated alkanes) is 2. The largest absolute Gasteiger partial charge is 0.462 e. The number of esters is 4. The van der Waals surface area contributed by atoms with Crippen molar-refractivity contribution in [3.8, 4) is 11.5 Å². The van der Waals surface area contributed by atoms with Crippen molar-refractivity contribution in [3.05, 3.63) is 23.8 Å². The number of rotatable bonds is 16. The van der Waals surface area contributed by atoms with E-state index in [-0.39, 0.29) is 54.2 Å². The second-order valence-corrected chi connectivity index (χ2v) is 10.9. The van der Waals surface area contributed by atoms with Crippen molar-refractivity contribution in [3.63, 3.8) is 0 Å². The van der Waals surface area contributed by atoms with Gasteiger partial charge < -0.3 is 24.7 Å². The molecule has 4 atom stereocenters. The summed E-state index contributed by atoms with van der Waals surface area (Å²) in [6.07, 6.45) is 2.48. The van der Waals surface area contributed by atoms with Crippen LogP contribution in [-0.2, 0) is 35.1 Å². The second-order valence-electron chi connectivity index (χ2n) is 10.9. The molecule has 0 saturated heterocycles. The highest BCUT2D eigenvalue weighted by Crippen LogP contribution is 2.31. The lowest BCUT2D eigenvalue weighted by Gasteiger charge is -2.20. The van der Waals surface area contributed by atoms with E-state index < -0.39 is 30.1 Å². The molecule has 0 radical (unpaired) electrons. The van der Waals surface area contributed by atoms with Crippen LogP contribution in [0.1, 0.15) is 86.6 Å². The minimum absolute atomic E-state index is 0.0492. The first-order valence-corrected chi connectivity index (χ1v) is 13.9. The molecule has 0 aliphatic carbocycles. The van der Waals surface area contributed by atoms with Crippen molar-refractivity contribution in [2.45, 2.75) is 99.6 Å². The normalized spacial score (nSPS) is 14.3. The van der Waals surface area contributed by atoms with E-state index in [0.29, 0.717) is 12.0 Å². The monoisotopic (exact) mass is 549 g/mol. The summed E-state index contributed by atoms with van der Waals surface area (Å²) in [5.41, 5.74) is 6.68. The average Bonchev–Trinajstić information content (AvgIpc) is 2.87. The molecule has 0 fully saturated rings. The van der Waals surface area contributed by atoms with Gasteiger partial charge in [0.15, 0.2) is 11.5 Å². The van der Waals surface area contributed by atoms with Gasteiger partial charge in [-0.3, -0.25) is 19.2 Å². The molecular formula is C30H47NO8. The lowest BCUT2D eigenvalue weighted by molar-refractivity contribution is -0.159. The number of nitrogens with two attached hydrogens (primary N) is 1. The molecule has 0 amide bonds. The Morgan fingerprint density at radius 2 is 1.36 bits per heavy atom. The van der Waals surface area contributed by atoms with Gasteiger partial charge in [0.1, 0.15) is 18.8 Å². The van der Waals surface area contributed by atoms with Gasteiger partial charge in [-0.05, 0) is 49.3 Å². The number of benzene rings is 1. The summed E-state index contributed by atoms with van der Waals surface area (Å²) in [6, 6.07) is 3.71. The minimum Gasteiger partial charge on any atom is -0.462 e. The van der Waals surface area contributed by atoms with E-state index in [9.17, 15) is 19.2 Å². The first kappa shape index (κ1) is 34.1. The maximum atomic E-state index is 12.7. The summed E-state index contributed by atoms with van der Waals surface area (Å²) in [7, 11) is 0. The van der Waals surface area contributed by atoms with Crippen molar-refractivity contribution in [2.24, 2.45) is 29.4 Å². The smallest absolute Gasteiger partial charge is 0.323 e. The van der Waals surface area contributed by atoms with Gasteiger partial charge in [0, 0.05) is 6.42 Å². The number of hydrogen-bond donors (Lipinski definition) is 1. The molecule has 2 N–H and O–H groups in total. The summed E-state index contributed by atoms with van der Waals surface area (Å²) in [5.74, 6) is -2.30. The van der Waals surface area contributed by atoms with Gasteiger partial charge in [0.25, 0.3) is 0 Å². The van der Waals surface area contributed by atoms with Crippen molar-refractivity contribution >= 4 is 23.9 Å². The zero-order valence-corrected chi connectivity index (χ0v) is 24.8. The molecule has 0 bridgehead atoms. The fourth-order valence-electron chi connectivity index (χ4n) is 3.25. The summed E-state index contributed by atoms with van der Waals surface area (Å²) < 4.78 is 21.7. The summed E-state index contributed by atoms with van der Waals surface area (Å²) in [6.45, 7) is 14.8. The standard InChI is InChI=1S/C30H47NO8/c1-9-10-11-12-27(32)36-17-20(6)37-30(35)24(31)15-23-13-14-25(38-28(33)21(7)18(2)3)26(16-23)39-29(34)22(8)19(4)5/h13-14,16,18-22,24H,9-12,15,17,31H2,1-8H3/t20-,21?,22?,24-/m0/s1. The first-order valence-electron chi connectivity index (χ1n) is 13.9. The molecule has 1 rings (SSSR count). The Kier molecular flexibility index (Phi) is 14.8. The van der Waals surface area contributed by atoms with E-state index in [1.807, 2.05) is 34.6 Å². The van der Waals surface area contributed by atoms with Gasteiger partial charge in [-0.1, -0.05) is 67.4 Å². The van der Waals surface area contributed by atoms with Crippen LogP contribution in [0.25, 0.3) is 0 Å². The Morgan fingerprint density at radius 1 is 0.795 bits per heavy atom. The molecule has 9 nitrogen and oxygen atoms in total. The van der Waals surface area contributed by atoms with Crippen LogP contribution in [0.4, 0.5) is 0 Å². The maximum absolute atomic E-state index is 12.7. The Bertz CT molecular complexity index is 958. The van der Waals surface area contributed by atoms with Crippen LogP contribution in [0, 0.1) is 23.7 Å². The van der Waals surface area contributed by atoms with E-state index in [1.54, 1.807) is 32.9 Å². The number of carbonyl (C=O) groups excluding carboxylic acids is 4.